The van der Waals surface area contributed by atoms with Crippen molar-refractivity contribution >= 4 is 0 Å². The van der Waals surface area contributed by atoms with Crippen LogP contribution in [-0.2, 0) is 11.2 Å². The Morgan fingerprint density at radius 1 is 1.33 bits per heavy atom. The SMILES string of the molecule is NNC(C1CCOCC1)C1CCc2cccnc21. The molecule has 1 aliphatic carbocycles. The van der Waals surface area contributed by atoms with E-state index in [-0.39, 0.29) is 0 Å². The highest BCUT2D eigenvalue weighted by atomic mass is 16.5. The number of hydrogen-bond acceptors (Lipinski definition) is 4. The van der Waals surface area contributed by atoms with E-state index >= 15 is 0 Å². The van der Waals surface area contributed by atoms with Crippen LogP contribution in [-0.4, -0.2) is 24.2 Å². The second kappa shape index (κ2) is 5.34. The lowest BCUT2D eigenvalue weighted by molar-refractivity contribution is 0.0496. The van der Waals surface area contributed by atoms with E-state index in [4.69, 9.17) is 10.6 Å². The summed E-state index contributed by atoms with van der Waals surface area (Å²) in [6.45, 7) is 1.73. The van der Waals surface area contributed by atoms with Gasteiger partial charge in [-0.15, -0.1) is 0 Å². The molecule has 3 rings (SSSR count). The zero-order valence-electron chi connectivity index (χ0n) is 10.6. The molecule has 1 aromatic heterocycles. The first kappa shape index (κ1) is 12.1. The van der Waals surface area contributed by atoms with Gasteiger partial charge in [0.05, 0.1) is 0 Å². The molecular formula is C14H21N3O. The van der Waals surface area contributed by atoms with E-state index in [1.807, 2.05) is 12.3 Å². The molecule has 0 amide bonds. The van der Waals surface area contributed by atoms with Gasteiger partial charge in [0.15, 0.2) is 0 Å². The molecule has 1 aromatic rings. The van der Waals surface area contributed by atoms with E-state index in [2.05, 4.69) is 16.5 Å². The highest BCUT2D eigenvalue weighted by Gasteiger charge is 2.35. The van der Waals surface area contributed by atoms with Gasteiger partial charge in [-0.05, 0) is 43.2 Å². The molecule has 3 N–H and O–H groups in total. The number of fused-ring (bicyclic) bond motifs is 1. The van der Waals surface area contributed by atoms with Gasteiger partial charge < -0.3 is 4.74 Å². The Labute approximate surface area is 108 Å². The topological polar surface area (TPSA) is 60.2 Å². The second-order valence-corrected chi connectivity index (χ2v) is 5.34. The lowest BCUT2D eigenvalue weighted by Crippen LogP contribution is -2.46. The van der Waals surface area contributed by atoms with Crippen LogP contribution in [0.2, 0.25) is 0 Å². The number of aromatic nitrogens is 1. The number of hydrogen-bond donors (Lipinski definition) is 2. The standard InChI is InChI=1S/C14H21N3O/c15-17-14(11-5-8-18-9-6-11)12-4-3-10-2-1-7-16-13(10)12/h1-2,7,11-12,14,17H,3-6,8-9,15H2. The summed E-state index contributed by atoms with van der Waals surface area (Å²) in [7, 11) is 0. The fraction of sp³-hybridized carbons (Fsp3) is 0.643. The minimum atomic E-state index is 0.338. The van der Waals surface area contributed by atoms with Crippen LogP contribution in [0.25, 0.3) is 0 Å². The number of aryl methyl sites for hydroxylation is 1. The zero-order chi connectivity index (χ0) is 12.4. The number of ether oxygens (including phenoxy) is 1. The van der Waals surface area contributed by atoms with Gasteiger partial charge in [-0.25, -0.2) is 0 Å². The maximum atomic E-state index is 5.82. The van der Waals surface area contributed by atoms with E-state index in [0.717, 1.165) is 32.5 Å². The van der Waals surface area contributed by atoms with Crippen molar-refractivity contribution in [2.45, 2.75) is 37.6 Å². The lowest BCUT2D eigenvalue weighted by Gasteiger charge is -2.33. The maximum Gasteiger partial charge on any atom is 0.0482 e. The molecule has 0 radical (unpaired) electrons. The van der Waals surface area contributed by atoms with Crippen molar-refractivity contribution in [1.82, 2.24) is 10.4 Å². The number of nitrogens with two attached hydrogens (primary N) is 1. The van der Waals surface area contributed by atoms with Gasteiger partial charge in [-0.2, -0.15) is 0 Å². The minimum absolute atomic E-state index is 0.338. The third-order valence-corrected chi connectivity index (χ3v) is 4.40. The summed E-state index contributed by atoms with van der Waals surface area (Å²) in [6, 6.07) is 4.56. The van der Waals surface area contributed by atoms with Crippen LogP contribution in [0.4, 0.5) is 0 Å². The summed E-state index contributed by atoms with van der Waals surface area (Å²) in [4.78, 5) is 4.58. The Bertz CT molecular complexity index is 404. The third-order valence-electron chi connectivity index (χ3n) is 4.40. The number of hydrazine groups is 1. The van der Waals surface area contributed by atoms with Crippen molar-refractivity contribution < 1.29 is 4.74 Å². The van der Waals surface area contributed by atoms with Crippen LogP contribution in [0.5, 0.6) is 0 Å². The van der Waals surface area contributed by atoms with Gasteiger partial charge >= 0.3 is 0 Å². The summed E-state index contributed by atoms with van der Waals surface area (Å²) in [6.07, 6.45) is 6.41. The van der Waals surface area contributed by atoms with E-state index in [1.165, 1.54) is 17.7 Å². The van der Waals surface area contributed by atoms with Crippen LogP contribution in [0.1, 0.15) is 36.4 Å². The molecule has 0 bridgehead atoms. The van der Waals surface area contributed by atoms with E-state index in [1.54, 1.807) is 0 Å². The van der Waals surface area contributed by atoms with Crippen molar-refractivity contribution in [2.24, 2.45) is 11.8 Å². The summed E-state index contributed by atoms with van der Waals surface area (Å²) < 4.78 is 5.44. The minimum Gasteiger partial charge on any atom is -0.381 e. The van der Waals surface area contributed by atoms with Gasteiger partial charge in [0.25, 0.3) is 0 Å². The summed E-state index contributed by atoms with van der Waals surface area (Å²) >= 11 is 0. The highest BCUT2D eigenvalue weighted by molar-refractivity contribution is 5.30. The first-order chi connectivity index (χ1) is 8.90. The smallest absolute Gasteiger partial charge is 0.0482 e. The molecule has 18 heavy (non-hydrogen) atoms. The quantitative estimate of drug-likeness (QED) is 0.625. The molecule has 1 fully saturated rings. The molecule has 2 unspecified atom stereocenters. The molecule has 98 valence electrons. The van der Waals surface area contributed by atoms with E-state index in [0.29, 0.717) is 17.9 Å². The normalized spacial score (nSPS) is 25.9. The summed E-state index contributed by atoms with van der Waals surface area (Å²) in [5, 5.41) is 0. The van der Waals surface area contributed by atoms with Crippen LogP contribution in [0.15, 0.2) is 18.3 Å². The molecule has 0 spiro atoms. The fourth-order valence-corrected chi connectivity index (χ4v) is 3.45. The van der Waals surface area contributed by atoms with Gasteiger partial charge in [0.2, 0.25) is 0 Å². The molecule has 0 aromatic carbocycles. The van der Waals surface area contributed by atoms with Crippen LogP contribution < -0.4 is 11.3 Å². The molecular weight excluding hydrogens is 226 g/mol. The van der Waals surface area contributed by atoms with Crippen LogP contribution in [0, 0.1) is 5.92 Å². The first-order valence-corrected chi connectivity index (χ1v) is 6.88. The zero-order valence-corrected chi connectivity index (χ0v) is 10.6. The highest BCUT2D eigenvalue weighted by Crippen LogP contribution is 2.38. The number of rotatable bonds is 3. The second-order valence-electron chi connectivity index (χ2n) is 5.34. The average molecular weight is 247 g/mol. The monoisotopic (exact) mass is 247 g/mol. The van der Waals surface area contributed by atoms with Gasteiger partial charge in [-0.1, -0.05) is 6.07 Å². The van der Waals surface area contributed by atoms with Crippen molar-refractivity contribution in [1.29, 1.82) is 0 Å². The third kappa shape index (κ3) is 2.16. The van der Waals surface area contributed by atoms with Crippen molar-refractivity contribution in [3.63, 3.8) is 0 Å². The Balaban J connectivity index is 1.80. The number of pyridine rings is 1. The molecule has 1 saturated heterocycles. The molecule has 1 aliphatic heterocycles. The van der Waals surface area contributed by atoms with Crippen molar-refractivity contribution in [2.75, 3.05) is 13.2 Å². The molecule has 0 saturated carbocycles. The first-order valence-electron chi connectivity index (χ1n) is 6.88. The Kier molecular flexibility index (Phi) is 3.59. The molecule has 4 nitrogen and oxygen atoms in total. The van der Waals surface area contributed by atoms with Gasteiger partial charge in [0.1, 0.15) is 0 Å². The Morgan fingerprint density at radius 3 is 2.94 bits per heavy atom. The molecule has 2 atom stereocenters. The molecule has 2 aliphatic rings. The van der Waals surface area contributed by atoms with E-state index in [9.17, 15) is 0 Å². The predicted octanol–water partition coefficient (Wildman–Crippen LogP) is 1.37. The van der Waals surface area contributed by atoms with Crippen molar-refractivity contribution in [3.8, 4) is 0 Å². The van der Waals surface area contributed by atoms with E-state index < -0.39 is 0 Å². The fourth-order valence-electron chi connectivity index (χ4n) is 3.45. The Hall–Kier alpha value is -0.970. The lowest BCUT2D eigenvalue weighted by atomic mass is 9.82. The molecule has 4 heteroatoms. The molecule has 2 heterocycles. The van der Waals surface area contributed by atoms with Gasteiger partial charge in [0, 0.05) is 37.1 Å². The summed E-state index contributed by atoms with van der Waals surface area (Å²) in [5.41, 5.74) is 5.71. The maximum absolute atomic E-state index is 5.82. The largest absolute Gasteiger partial charge is 0.381 e. The Morgan fingerprint density at radius 2 is 2.17 bits per heavy atom. The van der Waals surface area contributed by atoms with Crippen LogP contribution in [0.3, 0.4) is 0 Å². The van der Waals surface area contributed by atoms with Crippen molar-refractivity contribution in [3.05, 3.63) is 29.6 Å². The summed E-state index contributed by atoms with van der Waals surface area (Å²) in [5.74, 6) is 6.90. The number of nitrogens with one attached hydrogen (secondary N) is 1. The number of nitrogens with zero attached hydrogens (tertiary/aromatic N) is 1. The predicted molar refractivity (Wildman–Crippen MR) is 70.0 cm³/mol. The van der Waals surface area contributed by atoms with Crippen LogP contribution >= 0.6 is 0 Å². The van der Waals surface area contributed by atoms with Gasteiger partial charge in [-0.3, -0.25) is 16.3 Å². The average Bonchev–Trinajstić information content (AvgIpc) is 2.85.